The number of esters is 1. The first kappa shape index (κ1) is 12.6. The molecule has 1 heterocycles. The number of rotatable bonds is 3. The number of carbonyl (C=O) groups excluding carboxylic acids is 2. The lowest BCUT2D eigenvalue weighted by Gasteiger charge is -2.10. The van der Waals surface area contributed by atoms with Crippen LogP contribution >= 0.6 is 11.3 Å². The van der Waals surface area contributed by atoms with Crippen LogP contribution in [0, 0.1) is 13.8 Å². The van der Waals surface area contributed by atoms with Gasteiger partial charge < -0.3 is 10.1 Å². The largest absolute Gasteiger partial charge is 0.467 e. The number of aryl methyl sites for hydroxylation is 2. The van der Waals surface area contributed by atoms with Crippen molar-refractivity contribution in [2.24, 2.45) is 0 Å². The van der Waals surface area contributed by atoms with Crippen LogP contribution in [0.5, 0.6) is 0 Å². The summed E-state index contributed by atoms with van der Waals surface area (Å²) in [6, 6.07) is -0.668. The Morgan fingerprint density at radius 3 is 2.50 bits per heavy atom. The summed E-state index contributed by atoms with van der Waals surface area (Å²) in [5.74, 6) is -0.822. The number of amides is 1. The highest BCUT2D eigenvalue weighted by atomic mass is 32.1. The Labute approximate surface area is 97.8 Å². The number of methoxy groups -OCH3 is 1. The molecule has 5 nitrogen and oxygen atoms in total. The molecular formula is C10H14N2O3S. The topological polar surface area (TPSA) is 68.3 Å². The predicted octanol–water partition coefficient (Wildman–Crippen LogP) is 1.05. The highest BCUT2D eigenvalue weighted by Crippen LogP contribution is 2.16. The van der Waals surface area contributed by atoms with Crippen molar-refractivity contribution in [3.8, 4) is 0 Å². The fourth-order valence-corrected chi connectivity index (χ4v) is 2.06. The molecule has 1 N–H and O–H groups in total. The molecule has 0 aliphatic heterocycles. The molecule has 0 bridgehead atoms. The second-order valence-electron chi connectivity index (χ2n) is 3.36. The normalized spacial score (nSPS) is 12.0. The average molecular weight is 242 g/mol. The first-order valence-electron chi connectivity index (χ1n) is 4.78. The van der Waals surface area contributed by atoms with Crippen molar-refractivity contribution in [1.82, 2.24) is 10.3 Å². The van der Waals surface area contributed by atoms with Crippen molar-refractivity contribution < 1.29 is 14.3 Å². The summed E-state index contributed by atoms with van der Waals surface area (Å²) in [7, 11) is 1.28. The van der Waals surface area contributed by atoms with E-state index in [2.05, 4.69) is 15.0 Å². The van der Waals surface area contributed by atoms with Crippen LogP contribution in [-0.4, -0.2) is 30.0 Å². The maximum atomic E-state index is 11.7. The fourth-order valence-electron chi connectivity index (χ4n) is 1.24. The van der Waals surface area contributed by atoms with Gasteiger partial charge in [0.15, 0.2) is 0 Å². The van der Waals surface area contributed by atoms with Crippen molar-refractivity contribution in [2.75, 3.05) is 7.11 Å². The second-order valence-corrected chi connectivity index (χ2v) is 4.76. The molecule has 0 aromatic carbocycles. The summed E-state index contributed by atoms with van der Waals surface area (Å²) in [5.41, 5.74) is 0.373. The van der Waals surface area contributed by atoms with E-state index < -0.39 is 12.0 Å². The zero-order valence-corrected chi connectivity index (χ0v) is 10.5. The second kappa shape index (κ2) is 5.07. The Morgan fingerprint density at radius 2 is 2.06 bits per heavy atom. The van der Waals surface area contributed by atoms with Gasteiger partial charge in [-0.05, 0) is 20.8 Å². The Bertz CT molecular complexity index is 414. The van der Waals surface area contributed by atoms with E-state index >= 15 is 0 Å². The van der Waals surface area contributed by atoms with Gasteiger partial charge in [-0.15, -0.1) is 11.3 Å². The lowest BCUT2D eigenvalue weighted by molar-refractivity contribution is -0.142. The lowest BCUT2D eigenvalue weighted by atomic mass is 10.3. The van der Waals surface area contributed by atoms with Crippen molar-refractivity contribution in [3.05, 3.63) is 15.6 Å². The van der Waals surface area contributed by atoms with Crippen LogP contribution in [0.2, 0.25) is 0 Å². The summed E-state index contributed by atoms with van der Waals surface area (Å²) >= 11 is 1.45. The third-order valence-electron chi connectivity index (χ3n) is 2.02. The summed E-state index contributed by atoms with van der Waals surface area (Å²) in [6.45, 7) is 5.22. The zero-order chi connectivity index (χ0) is 12.3. The minimum atomic E-state index is -0.668. The molecule has 0 saturated carbocycles. The number of nitrogens with one attached hydrogen (secondary N) is 1. The number of hydrogen-bond donors (Lipinski definition) is 1. The molecule has 1 rings (SSSR count). The zero-order valence-electron chi connectivity index (χ0n) is 9.66. The van der Waals surface area contributed by atoms with Crippen LogP contribution < -0.4 is 5.32 Å². The first-order valence-corrected chi connectivity index (χ1v) is 5.60. The number of ether oxygens (including phenoxy) is 1. The fraction of sp³-hybridized carbons (Fsp3) is 0.500. The van der Waals surface area contributed by atoms with E-state index in [0.717, 1.165) is 9.88 Å². The Kier molecular flexibility index (Phi) is 4.00. The molecule has 0 aliphatic carbocycles. The number of thiazole rings is 1. The third-order valence-corrected chi connectivity index (χ3v) is 2.91. The van der Waals surface area contributed by atoms with Gasteiger partial charge in [-0.1, -0.05) is 0 Å². The van der Waals surface area contributed by atoms with Crippen LogP contribution in [0.25, 0.3) is 0 Å². The van der Waals surface area contributed by atoms with Crippen molar-refractivity contribution in [3.63, 3.8) is 0 Å². The maximum absolute atomic E-state index is 11.7. The molecule has 6 heteroatoms. The third kappa shape index (κ3) is 2.79. The monoisotopic (exact) mass is 242 g/mol. The molecule has 16 heavy (non-hydrogen) atoms. The highest BCUT2D eigenvalue weighted by molar-refractivity contribution is 7.11. The molecule has 0 fully saturated rings. The van der Waals surface area contributed by atoms with E-state index in [0.29, 0.717) is 5.69 Å². The molecule has 0 spiro atoms. The highest BCUT2D eigenvalue weighted by Gasteiger charge is 2.20. The van der Waals surface area contributed by atoms with Gasteiger partial charge in [0.05, 0.1) is 12.1 Å². The van der Waals surface area contributed by atoms with Crippen LogP contribution in [0.4, 0.5) is 0 Å². The van der Waals surface area contributed by atoms with Gasteiger partial charge in [0.1, 0.15) is 11.7 Å². The van der Waals surface area contributed by atoms with Gasteiger partial charge in [0.2, 0.25) is 0 Å². The molecule has 0 radical (unpaired) electrons. The Hall–Kier alpha value is -1.43. The summed E-state index contributed by atoms with van der Waals surface area (Å²) < 4.78 is 4.51. The standard InChI is InChI=1S/C10H14N2O3S/c1-5(10(14)15-4)11-9(13)8-6(2)16-7(3)12-8/h5H,1-4H3,(H,11,13). The molecular weight excluding hydrogens is 228 g/mol. The minimum absolute atomic E-state index is 0.347. The molecule has 1 aromatic rings. The molecule has 0 saturated heterocycles. The van der Waals surface area contributed by atoms with E-state index in [9.17, 15) is 9.59 Å². The van der Waals surface area contributed by atoms with Crippen LogP contribution in [0.3, 0.4) is 0 Å². The molecule has 88 valence electrons. The van der Waals surface area contributed by atoms with Crippen LogP contribution in [-0.2, 0) is 9.53 Å². The van der Waals surface area contributed by atoms with Gasteiger partial charge in [-0.25, -0.2) is 9.78 Å². The van der Waals surface area contributed by atoms with Crippen molar-refractivity contribution >= 4 is 23.2 Å². The number of nitrogens with zero attached hydrogens (tertiary/aromatic N) is 1. The van der Waals surface area contributed by atoms with Gasteiger partial charge >= 0.3 is 5.97 Å². The van der Waals surface area contributed by atoms with Crippen LogP contribution in [0.1, 0.15) is 27.3 Å². The van der Waals surface area contributed by atoms with Crippen molar-refractivity contribution in [1.29, 1.82) is 0 Å². The van der Waals surface area contributed by atoms with Gasteiger partial charge in [0.25, 0.3) is 5.91 Å². The quantitative estimate of drug-likeness (QED) is 0.804. The lowest BCUT2D eigenvalue weighted by Crippen LogP contribution is -2.39. The summed E-state index contributed by atoms with van der Waals surface area (Å²) in [6.07, 6.45) is 0. The molecule has 1 amide bonds. The number of hydrogen-bond acceptors (Lipinski definition) is 5. The first-order chi connectivity index (χ1) is 7.45. The molecule has 0 aliphatic rings. The SMILES string of the molecule is COC(=O)C(C)NC(=O)c1nc(C)sc1C. The van der Waals surface area contributed by atoms with E-state index in [1.807, 2.05) is 13.8 Å². The van der Waals surface area contributed by atoms with Gasteiger partial charge in [-0.2, -0.15) is 0 Å². The average Bonchev–Trinajstić information content (AvgIpc) is 2.56. The van der Waals surface area contributed by atoms with Gasteiger partial charge in [0, 0.05) is 4.88 Å². The Morgan fingerprint density at radius 1 is 1.44 bits per heavy atom. The molecule has 1 unspecified atom stereocenters. The predicted molar refractivity (Wildman–Crippen MR) is 60.5 cm³/mol. The maximum Gasteiger partial charge on any atom is 0.328 e. The van der Waals surface area contributed by atoms with E-state index in [4.69, 9.17) is 0 Å². The number of aromatic nitrogens is 1. The van der Waals surface area contributed by atoms with Crippen molar-refractivity contribution in [2.45, 2.75) is 26.8 Å². The van der Waals surface area contributed by atoms with Gasteiger partial charge in [-0.3, -0.25) is 4.79 Å². The molecule has 1 aromatic heterocycles. The molecule has 1 atom stereocenters. The van der Waals surface area contributed by atoms with E-state index in [1.165, 1.54) is 18.4 Å². The van der Waals surface area contributed by atoms with Crippen LogP contribution in [0.15, 0.2) is 0 Å². The minimum Gasteiger partial charge on any atom is -0.467 e. The smallest absolute Gasteiger partial charge is 0.328 e. The summed E-state index contributed by atoms with van der Waals surface area (Å²) in [4.78, 5) is 27.8. The van der Waals surface area contributed by atoms with E-state index in [-0.39, 0.29) is 5.91 Å². The Balaban J connectivity index is 2.73. The van der Waals surface area contributed by atoms with E-state index in [1.54, 1.807) is 6.92 Å². The number of carbonyl (C=O) groups is 2. The summed E-state index contributed by atoms with van der Waals surface area (Å²) in [5, 5.41) is 3.36.